The highest BCUT2D eigenvalue weighted by atomic mass is 79.9. The molecule has 1 aliphatic rings. The number of benzene rings is 1. The molecule has 182 valence electrons. The Hall–Kier alpha value is -2.03. The average molecular weight is 561 g/mol. The van der Waals surface area contributed by atoms with Crippen molar-refractivity contribution >= 4 is 28.6 Å². The Morgan fingerprint density at radius 1 is 1.24 bits per heavy atom. The van der Waals surface area contributed by atoms with E-state index >= 15 is 0 Å². The van der Waals surface area contributed by atoms with Gasteiger partial charge in [0.05, 0.1) is 12.8 Å². The second kappa shape index (κ2) is 9.91. The quantitative estimate of drug-likeness (QED) is 0.314. The van der Waals surface area contributed by atoms with Crippen LogP contribution in [0.25, 0.3) is 11.3 Å². The fourth-order valence-corrected chi connectivity index (χ4v) is 5.00. The van der Waals surface area contributed by atoms with Crippen molar-refractivity contribution in [2.24, 2.45) is 0 Å². The third-order valence-electron chi connectivity index (χ3n) is 5.66. The summed E-state index contributed by atoms with van der Waals surface area (Å²) in [6.07, 6.45) is 0.862. The molecule has 2 N–H and O–H groups in total. The minimum absolute atomic E-state index is 0.00494. The predicted octanol–water partition coefficient (Wildman–Crippen LogP) is 2.68. The average Bonchev–Trinajstić information content (AvgIpc) is 3.30. The van der Waals surface area contributed by atoms with Crippen LogP contribution in [0, 0.1) is 17.5 Å². The van der Waals surface area contributed by atoms with Crippen molar-refractivity contribution in [2.45, 2.75) is 36.2 Å². The second-order valence-corrected chi connectivity index (χ2v) is 9.01. The molecule has 1 aromatic carbocycles. The van der Waals surface area contributed by atoms with Crippen molar-refractivity contribution in [3.63, 3.8) is 0 Å². The van der Waals surface area contributed by atoms with E-state index in [4.69, 9.17) is 9.47 Å². The molecule has 8 nitrogen and oxygen atoms in total. The van der Waals surface area contributed by atoms with Gasteiger partial charge in [-0.1, -0.05) is 5.21 Å². The summed E-state index contributed by atoms with van der Waals surface area (Å²) < 4.78 is 54.6. The van der Waals surface area contributed by atoms with Crippen LogP contribution in [0.1, 0.15) is 12.5 Å². The van der Waals surface area contributed by atoms with Crippen molar-refractivity contribution in [3.05, 3.63) is 64.3 Å². The first-order chi connectivity index (χ1) is 16.2. The summed E-state index contributed by atoms with van der Waals surface area (Å²) in [5.41, 5.74) is -2.15. The lowest BCUT2D eigenvalue weighted by Gasteiger charge is -2.51. The molecule has 1 fully saturated rings. The standard InChI is InChI=1S/C21H20BrF3N4O4S/c1-2-32-19-20(34)33-16(9-30)18(31)21(19,11-5-12(22)7-26-6-11)29-8-15(27-28-29)10-3-13(23)17(25)14(24)4-10/h3-8,16,18-20,30-31,34H,2,9H2,1H3/t16-,18+,19+,20-,21+/m0/s1. The van der Waals surface area contributed by atoms with Gasteiger partial charge in [-0.2, -0.15) is 0 Å². The summed E-state index contributed by atoms with van der Waals surface area (Å²) in [4.78, 5) is 4.19. The molecule has 0 saturated carbocycles. The fourth-order valence-electron chi connectivity index (χ4n) is 4.17. The summed E-state index contributed by atoms with van der Waals surface area (Å²) in [6.45, 7) is 1.41. The smallest absolute Gasteiger partial charge is 0.194 e. The molecule has 13 heteroatoms. The molecule has 2 aromatic heterocycles. The van der Waals surface area contributed by atoms with Gasteiger partial charge < -0.3 is 19.7 Å². The largest absolute Gasteiger partial charge is 0.394 e. The molecule has 1 aliphatic heterocycles. The number of aliphatic hydroxyl groups excluding tert-OH is 2. The highest BCUT2D eigenvalue weighted by Gasteiger charge is 2.59. The van der Waals surface area contributed by atoms with E-state index in [-0.39, 0.29) is 17.9 Å². The van der Waals surface area contributed by atoms with Crippen LogP contribution in [0.4, 0.5) is 13.2 Å². The lowest BCUT2D eigenvalue weighted by atomic mass is 9.76. The Labute approximate surface area is 206 Å². The molecule has 3 aromatic rings. The van der Waals surface area contributed by atoms with Crippen molar-refractivity contribution in [1.29, 1.82) is 0 Å². The van der Waals surface area contributed by atoms with Gasteiger partial charge in [0.1, 0.15) is 35.0 Å². The Morgan fingerprint density at radius 2 is 1.94 bits per heavy atom. The van der Waals surface area contributed by atoms with Crippen LogP contribution >= 0.6 is 28.6 Å². The Morgan fingerprint density at radius 3 is 2.56 bits per heavy atom. The predicted molar refractivity (Wildman–Crippen MR) is 120 cm³/mol. The van der Waals surface area contributed by atoms with Crippen molar-refractivity contribution in [2.75, 3.05) is 13.2 Å². The third kappa shape index (κ3) is 4.14. The number of pyridine rings is 1. The maximum absolute atomic E-state index is 13.8. The molecule has 0 unspecified atom stereocenters. The molecular weight excluding hydrogens is 541 g/mol. The molecule has 0 bridgehead atoms. The van der Waals surface area contributed by atoms with Crippen LogP contribution in [0.3, 0.4) is 0 Å². The van der Waals surface area contributed by atoms with Crippen LogP contribution in [0.15, 0.2) is 41.3 Å². The number of hydrogen-bond donors (Lipinski definition) is 3. The van der Waals surface area contributed by atoms with E-state index in [1.165, 1.54) is 23.3 Å². The van der Waals surface area contributed by atoms with Crippen LogP contribution in [0.5, 0.6) is 0 Å². The highest BCUT2D eigenvalue weighted by molar-refractivity contribution is 9.10. The molecule has 34 heavy (non-hydrogen) atoms. The van der Waals surface area contributed by atoms with Gasteiger partial charge in [0.15, 0.2) is 17.5 Å². The molecule has 4 rings (SSSR count). The summed E-state index contributed by atoms with van der Waals surface area (Å²) in [5.74, 6) is -4.37. The van der Waals surface area contributed by atoms with E-state index in [1.807, 2.05) is 0 Å². The molecular formula is C21H20BrF3N4O4S. The first-order valence-electron chi connectivity index (χ1n) is 10.2. The summed E-state index contributed by atoms with van der Waals surface area (Å²) in [7, 11) is 0. The molecule has 5 atom stereocenters. The maximum Gasteiger partial charge on any atom is 0.194 e. The van der Waals surface area contributed by atoms with Crippen molar-refractivity contribution < 1.29 is 32.9 Å². The molecule has 0 aliphatic carbocycles. The van der Waals surface area contributed by atoms with E-state index in [2.05, 4.69) is 43.9 Å². The van der Waals surface area contributed by atoms with Gasteiger partial charge in [0.25, 0.3) is 0 Å². The highest BCUT2D eigenvalue weighted by Crippen LogP contribution is 2.44. The summed E-state index contributed by atoms with van der Waals surface area (Å²) in [5, 5.41) is 29.5. The van der Waals surface area contributed by atoms with Crippen LogP contribution in [-0.4, -0.2) is 67.2 Å². The molecule has 0 radical (unpaired) electrons. The Balaban J connectivity index is 1.96. The number of ether oxygens (including phenoxy) is 2. The molecule has 0 spiro atoms. The summed E-state index contributed by atoms with van der Waals surface area (Å²) in [6, 6.07) is 3.26. The SMILES string of the molecule is CCO[C@@H]1[C@H](S)O[C@@H](CO)[C@@H](O)[C@@]1(c1cncc(Br)c1)n1cc(-c2cc(F)c(F)c(F)c2)nn1. The van der Waals surface area contributed by atoms with Crippen molar-refractivity contribution in [1.82, 2.24) is 20.0 Å². The zero-order valence-electron chi connectivity index (χ0n) is 17.6. The van der Waals surface area contributed by atoms with E-state index < -0.39 is 53.3 Å². The number of thiol groups is 1. The van der Waals surface area contributed by atoms with Crippen LogP contribution in [-0.2, 0) is 15.0 Å². The minimum atomic E-state index is -1.60. The molecule has 0 amide bonds. The van der Waals surface area contributed by atoms with Crippen molar-refractivity contribution in [3.8, 4) is 11.3 Å². The lowest BCUT2D eigenvalue weighted by molar-refractivity contribution is -0.218. The molecule has 3 heterocycles. The Kier molecular flexibility index (Phi) is 7.31. The van der Waals surface area contributed by atoms with Gasteiger partial charge in [-0.3, -0.25) is 4.98 Å². The Bertz CT molecular complexity index is 1170. The third-order valence-corrected chi connectivity index (χ3v) is 6.48. The number of halogens is 4. The fraction of sp³-hybridized carbons (Fsp3) is 0.381. The van der Waals surface area contributed by atoms with Gasteiger partial charge in [0.2, 0.25) is 0 Å². The monoisotopic (exact) mass is 560 g/mol. The molecule has 1 saturated heterocycles. The lowest BCUT2D eigenvalue weighted by Crippen LogP contribution is -2.68. The van der Waals surface area contributed by atoms with E-state index in [9.17, 15) is 23.4 Å². The van der Waals surface area contributed by atoms with Crippen LogP contribution in [0.2, 0.25) is 0 Å². The summed E-state index contributed by atoms with van der Waals surface area (Å²) >= 11 is 7.86. The van der Waals surface area contributed by atoms with E-state index in [0.29, 0.717) is 10.0 Å². The number of nitrogens with zero attached hydrogens (tertiary/aromatic N) is 4. The number of hydrogen-bond acceptors (Lipinski definition) is 8. The van der Waals surface area contributed by atoms with Gasteiger partial charge in [-0.05, 0) is 41.1 Å². The van der Waals surface area contributed by atoms with E-state index in [1.54, 1.807) is 13.0 Å². The van der Waals surface area contributed by atoms with E-state index in [0.717, 1.165) is 12.1 Å². The van der Waals surface area contributed by atoms with Crippen LogP contribution < -0.4 is 0 Å². The van der Waals surface area contributed by atoms with Gasteiger partial charge in [-0.15, -0.1) is 17.7 Å². The number of rotatable bonds is 6. The second-order valence-electron chi connectivity index (χ2n) is 7.59. The normalized spacial score (nSPS) is 27.2. The first-order valence-corrected chi connectivity index (χ1v) is 11.5. The van der Waals surface area contributed by atoms with Gasteiger partial charge in [0, 0.05) is 34.6 Å². The number of aliphatic hydroxyl groups is 2. The zero-order chi connectivity index (χ0) is 24.6. The van der Waals surface area contributed by atoms with Gasteiger partial charge in [-0.25, -0.2) is 17.9 Å². The topological polar surface area (TPSA) is 103 Å². The minimum Gasteiger partial charge on any atom is -0.394 e. The van der Waals surface area contributed by atoms with Gasteiger partial charge >= 0.3 is 0 Å². The number of aromatic nitrogens is 4. The zero-order valence-corrected chi connectivity index (χ0v) is 20.1. The maximum atomic E-state index is 13.8. The first kappa shape index (κ1) is 25.1.